The van der Waals surface area contributed by atoms with Crippen LogP contribution < -0.4 is 4.90 Å². The van der Waals surface area contributed by atoms with Gasteiger partial charge in [-0.3, -0.25) is 24.2 Å². The predicted molar refractivity (Wildman–Crippen MR) is 113 cm³/mol. The molecule has 1 aliphatic heterocycles. The predicted octanol–water partition coefficient (Wildman–Crippen LogP) is 2.68. The number of carbonyl (C=O) groups is 3. The highest BCUT2D eigenvalue weighted by Crippen LogP contribution is 2.29. The van der Waals surface area contributed by atoms with Gasteiger partial charge in [-0.25, -0.2) is 9.37 Å². The van der Waals surface area contributed by atoms with Crippen LogP contribution in [-0.2, 0) is 14.4 Å². The van der Waals surface area contributed by atoms with E-state index >= 15 is 0 Å². The summed E-state index contributed by atoms with van der Waals surface area (Å²) in [6.07, 6.45) is 0.290. The van der Waals surface area contributed by atoms with Gasteiger partial charge in [-0.2, -0.15) is 0 Å². The summed E-state index contributed by atoms with van der Waals surface area (Å²) >= 11 is 1.22. The van der Waals surface area contributed by atoms with Crippen molar-refractivity contribution in [3.63, 3.8) is 0 Å². The molecule has 0 N–H and O–H groups in total. The summed E-state index contributed by atoms with van der Waals surface area (Å²) < 4.78 is 14.2. The van der Waals surface area contributed by atoms with Gasteiger partial charge in [0.25, 0.3) is 0 Å². The minimum absolute atomic E-state index is 0. The lowest BCUT2D eigenvalue weighted by atomic mass is 10.3. The average Bonchev–Trinajstić information content (AvgIpc) is 3.22. The van der Waals surface area contributed by atoms with Crippen LogP contribution in [0.2, 0.25) is 0 Å². The van der Waals surface area contributed by atoms with Crippen molar-refractivity contribution in [3.8, 4) is 0 Å². The minimum atomic E-state index is -0.365. The van der Waals surface area contributed by atoms with Gasteiger partial charge in [-0.05, 0) is 31.3 Å². The summed E-state index contributed by atoms with van der Waals surface area (Å²) in [6.45, 7) is 6.47. The number of nitrogens with zero attached hydrogens (tertiary/aromatic N) is 4. The van der Waals surface area contributed by atoms with E-state index in [4.69, 9.17) is 0 Å². The molecule has 2 heterocycles. The number of carbonyl (C=O) groups excluding carboxylic acids is 3. The molecule has 1 aliphatic rings. The van der Waals surface area contributed by atoms with E-state index in [1.807, 2.05) is 13.8 Å². The molecule has 1 fully saturated rings. The Balaban J connectivity index is 0.00000300. The van der Waals surface area contributed by atoms with E-state index in [0.29, 0.717) is 28.4 Å². The molecule has 0 atom stereocenters. The fraction of sp³-hybridized carbons (Fsp3) is 0.474. The van der Waals surface area contributed by atoms with Crippen molar-refractivity contribution in [2.24, 2.45) is 0 Å². The van der Waals surface area contributed by atoms with Crippen LogP contribution in [0.15, 0.2) is 18.2 Å². The van der Waals surface area contributed by atoms with Crippen LogP contribution in [0, 0.1) is 5.82 Å². The Hall–Kier alpha value is -2.10. The average molecular weight is 443 g/mol. The molecule has 0 aliphatic carbocycles. The number of anilines is 1. The molecule has 3 amide bonds. The highest BCUT2D eigenvalue weighted by molar-refractivity contribution is 7.22. The quantitative estimate of drug-likeness (QED) is 0.587. The topological polar surface area (TPSA) is 73.8 Å². The molecule has 3 rings (SSSR count). The van der Waals surface area contributed by atoms with Gasteiger partial charge < -0.3 is 4.90 Å². The van der Waals surface area contributed by atoms with Crippen molar-refractivity contribution in [1.82, 2.24) is 14.8 Å². The van der Waals surface area contributed by atoms with Crippen LogP contribution in [0.4, 0.5) is 9.52 Å². The molecule has 2 aromatic rings. The van der Waals surface area contributed by atoms with Crippen molar-refractivity contribution >= 4 is 56.8 Å². The number of likely N-dealkylation sites (N-methyl/N-ethyl adjacent to an activating group) is 1. The third kappa shape index (κ3) is 5.29. The number of benzene rings is 1. The van der Waals surface area contributed by atoms with E-state index in [1.54, 1.807) is 6.07 Å². The second-order valence-corrected chi connectivity index (χ2v) is 7.56. The zero-order valence-electron chi connectivity index (χ0n) is 16.4. The largest absolute Gasteiger partial charge is 0.302 e. The molecule has 10 heteroatoms. The number of thiazole rings is 1. The molecule has 0 radical (unpaired) electrons. The van der Waals surface area contributed by atoms with E-state index in [-0.39, 0.29) is 55.3 Å². The molecule has 0 unspecified atom stereocenters. The van der Waals surface area contributed by atoms with E-state index in [1.165, 1.54) is 28.4 Å². The van der Waals surface area contributed by atoms with Gasteiger partial charge in [0.05, 0.1) is 10.2 Å². The first-order chi connectivity index (χ1) is 13.4. The maximum absolute atomic E-state index is 13.5. The lowest BCUT2D eigenvalue weighted by Gasteiger charge is -2.26. The molecule has 0 bridgehead atoms. The Morgan fingerprint density at radius 2 is 1.83 bits per heavy atom. The van der Waals surface area contributed by atoms with Crippen LogP contribution in [0.1, 0.15) is 26.7 Å². The zero-order valence-corrected chi connectivity index (χ0v) is 18.0. The molecule has 158 valence electrons. The molecule has 1 aromatic carbocycles. The molecule has 7 nitrogen and oxygen atoms in total. The Kier molecular flexibility index (Phi) is 8.06. The lowest BCUT2D eigenvalue weighted by molar-refractivity contribution is -0.141. The highest BCUT2D eigenvalue weighted by Gasteiger charge is 2.32. The Bertz CT molecular complexity index is 887. The smallest absolute Gasteiger partial charge is 0.248 e. The number of halogens is 2. The number of amides is 3. The van der Waals surface area contributed by atoms with E-state index in [0.717, 1.165) is 18.0 Å². The SMILES string of the molecule is CCN(CC)CCN(C(=O)CN1C(=O)CCC1=O)c1nc2ccc(F)cc2s1.Cl. The third-order valence-electron chi connectivity index (χ3n) is 4.85. The second kappa shape index (κ2) is 10.1. The normalized spacial score (nSPS) is 14.0. The van der Waals surface area contributed by atoms with Gasteiger partial charge in [0, 0.05) is 25.9 Å². The first-order valence-corrected chi connectivity index (χ1v) is 10.2. The molecule has 1 aromatic heterocycles. The first-order valence-electron chi connectivity index (χ1n) is 9.35. The monoisotopic (exact) mass is 442 g/mol. The number of aromatic nitrogens is 1. The molecular weight excluding hydrogens is 419 g/mol. The van der Waals surface area contributed by atoms with Gasteiger partial charge >= 0.3 is 0 Å². The van der Waals surface area contributed by atoms with Crippen LogP contribution in [-0.4, -0.2) is 65.2 Å². The summed E-state index contributed by atoms with van der Waals surface area (Å²) in [7, 11) is 0. The fourth-order valence-corrected chi connectivity index (χ4v) is 4.16. The number of likely N-dealkylation sites (tertiary alicyclic amines) is 1. The van der Waals surface area contributed by atoms with E-state index in [9.17, 15) is 18.8 Å². The van der Waals surface area contributed by atoms with Gasteiger partial charge in [0.2, 0.25) is 17.7 Å². The van der Waals surface area contributed by atoms with E-state index in [2.05, 4.69) is 9.88 Å². The Labute approximate surface area is 178 Å². The highest BCUT2D eigenvalue weighted by atomic mass is 35.5. The zero-order chi connectivity index (χ0) is 20.3. The van der Waals surface area contributed by atoms with Crippen LogP contribution >= 0.6 is 23.7 Å². The molecule has 0 saturated carbocycles. The van der Waals surface area contributed by atoms with Crippen LogP contribution in [0.25, 0.3) is 10.2 Å². The maximum Gasteiger partial charge on any atom is 0.248 e. The summed E-state index contributed by atoms with van der Waals surface area (Å²) in [6, 6.07) is 4.29. The fourth-order valence-electron chi connectivity index (χ4n) is 3.13. The maximum atomic E-state index is 13.5. The van der Waals surface area contributed by atoms with Crippen molar-refractivity contribution in [2.75, 3.05) is 37.6 Å². The number of hydrogen-bond acceptors (Lipinski definition) is 6. The summed E-state index contributed by atoms with van der Waals surface area (Å²) in [4.78, 5) is 45.9. The Morgan fingerprint density at radius 1 is 1.17 bits per heavy atom. The standard InChI is InChI=1S/C19H23FN4O3S.ClH/c1-3-22(4-2)9-10-23(18(27)12-24-16(25)7-8-17(24)26)19-21-14-6-5-13(20)11-15(14)28-19;/h5-6,11H,3-4,7-10,12H2,1-2H3;1H. The lowest BCUT2D eigenvalue weighted by Crippen LogP contribution is -2.45. The second-order valence-electron chi connectivity index (χ2n) is 6.55. The third-order valence-corrected chi connectivity index (χ3v) is 5.89. The van der Waals surface area contributed by atoms with Gasteiger partial charge in [0.1, 0.15) is 12.4 Å². The van der Waals surface area contributed by atoms with Crippen molar-refractivity contribution in [1.29, 1.82) is 0 Å². The number of imide groups is 1. The molecule has 0 spiro atoms. The van der Waals surface area contributed by atoms with Gasteiger partial charge in [0.15, 0.2) is 5.13 Å². The molecule has 1 saturated heterocycles. The minimum Gasteiger partial charge on any atom is -0.302 e. The van der Waals surface area contributed by atoms with Crippen LogP contribution in [0.3, 0.4) is 0 Å². The number of fused-ring (bicyclic) bond motifs is 1. The van der Waals surface area contributed by atoms with E-state index < -0.39 is 0 Å². The van der Waals surface area contributed by atoms with Gasteiger partial charge in [-0.15, -0.1) is 12.4 Å². The van der Waals surface area contributed by atoms with Gasteiger partial charge in [-0.1, -0.05) is 25.2 Å². The summed E-state index contributed by atoms with van der Waals surface area (Å²) in [5.74, 6) is -1.38. The number of hydrogen-bond donors (Lipinski definition) is 0. The summed E-state index contributed by atoms with van der Waals surface area (Å²) in [5, 5.41) is 0.442. The number of rotatable bonds is 8. The van der Waals surface area contributed by atoms with Crippen molar-refractivity contribution in [2.45, 2.75) is 26.7 Å². The molecular formula is C19H24ClFN4O3S. The van der Waals surface area contributed by atoms with Crippen molar-refractivity contribution in [3.05, 3.63) is 24.0 Å². The Morgan fingerprint density at radius 3 is 2.45 bits per heavy atom. The molecule has 29 heavy (non-hydrogen) atoms. The summed E-state index contributed by atoms with van der Waals surface area (Å²) in [5.41, 5.74) is 0.607. The first kappa shape index (κ1) is 23.2. The van der Waals surface area contributed by atoms with Crippen LogP contribution in [0.5, 0.6) is 0 Å². The van der Waals surface area contributed by atoms with Crippen molar-refractivity contribution < 1.29 is 18.8 Å².